The number of nitrogens with one attached hydrogen (secondary N) is 2. The minimum absolute atomic E-state index is 0.0330. The molecule has 6 heteroatoms. The smallest absolute Gasteiger partial charge is 0.242 e. The monoisotopic (exact) mass is 216 g/mol. The van der Waals surface area contributed by atoms with E-state index in [4.69, 9.17) is 5.11 Å². The zero-order chi connectivity index (χ0) is 11.5. The minimum Gasteiger partial charge on any atom is -0.393 e. The van der Waals surface area contributed by atoms with Gasteiger partial charge in [0, 0.05) is 13.0 Å². The van der Waals surface area contributed by atoms with Crippen LogP contribution in [0.25, 0.3) is 0 Å². The van der Waals surface area contributed by atoms with Gasteiger partial charge in [-0.2, -0.15) is 0 Å². The van der Waals surface area contributed by atoms with Crippen LogP contribution in [-0.4, -0.2) is 46.8 Å². The minimum atomic E-state index is -1.32. The quantitative estimate of drug-likeness (QED) is 0.442. The first-order valence-electron chi connectivity index (χ1n) is 4.85. The molecule has 6 nitrogen and oxygen atoms in total. The van der Waals surface area contributed by atoms with Gasteiger partial charge in [0.25, 0.3) is 0 Å². The molecule has 4 N–H and O–H groups in total. The van der Waals surface area contributed by atoms with E-state index in [1.54, 1.807) is 0 Å². The second-order valence-electron chi connectivity index (χ2n) is 4.03. The number of amides is 2. The zero-order valence-corrected chi connectivity index (χ0v) is 8.62. The Balaban J connectivity index is 2.33. The van der Waals surface area contributed by atoms with Gasteiger partial charge in [0.05, 0.1) is 6.61 Å². The average Bonchev–Trinajstić information content (AvgIpc) is 2.61. The first-order chi connectivity index (χ1) is 6.94. The maximum Gasteiger partial charge on any atom is 0.242 e. The summed E-state index contributed by atoms with van der Waals surface area (Å²) >= 11 is 0. The summed E-state index contributed by atoms with van der Waals surface area (Å²) in [5, 5.41) is 23.1. The fourth-order valence-electron chi connectivity index (χ4n) is 1.27. The van der Waals surface area contributed by atoms with Crippen LogP contribution < -0.4 is 10.6 Å². The van der Waals surface area contributed by atoms with Gasteiger partial charge in [-0.25, -0.2) is 0 Å². The van der Waals surface area contributed by atoms with Gasteiger partial charge in [0.15, 0.2) is 0 Å². The van der Waals surface area contributed by atoms with Gasteiger partial charge >= 0.3 is 0 Å². The van der Waals surface area contributed by atoms with Gasteiger partial charge in [-0.15, -0.1) is 0 Å². The molecule has 1 unspecified atom stereocenters. The number of aliphatic hydroxyl groups excluding tert-OH is 1. The maximum absolute atomic E-state index is 11.4. The highest BCUT2D eigenvalue weighted by atomic mass is 16.3. The summed E-state index contributed by atoms with van der Waals surface area (Å²) in [4.78, 5) is 22.3. The summed E-state index contributed by atoms with van der Waals surface area (Å²) in [5.74, 6) is -0.460. The van der Waals surface area contributed by atoms with Crippen molar-refractivity contribution in [1.29, 1.82) is 0 Å². The largest absolute Gasteiger partial charge is 0.393 e. The van der Waals surface area contributed by atoms with Gasteiger partial charge in [-0.05, 0) is 13.3 Å². The number of carbonyl (C=O) groups excluding carboxylic acids is 2. The molecular formula is C9H16N2O4. The van der Waals surface area contributed by atoms with E-state index in [0.29, 0.717) is 12.8 Å². The average molecular weight is 216 g/mol. The van der Waals surface area contributed by atoms with Gasteiger partial charge in [0.1, 0.15) is 11.6 Å². The van der Waals surface area contributed by atoms with E-state index in [2.05, 4.69) is 10.6 Å². The lowest BCUT2D eigenvalue weighted by Crippen LogP contribution is -2.48. The van der Waals surface area contributed by atoms with Crippen molar-refractivity contribution in [3.63, 3.8) is 0 Å². The van der Waals surface area contributed by atoms with Crippen LogP contribution in [0, 0.1) is 0 Å². The van der Waals surface area contributed by atoms with Crippen molar-refractivity contribution in [2.45, 2.75) is 31.4 Å². The third kappa shape index (κ3) is 3.49. The highest BCUT2D eigenvalue weighted by molar-refractivity contribution is 5.90. The summed E-state index contributed by atoms with van der Waals surface area (Å²) < 4.78 is 0. The number of carbonyl (C=O) groups is 2. The molecule has 0 aromatic carbocycles. The molecule has 0 aliphatic carbocycles. The summed E-state index contributed by atoms with van der Waals surface area (Å²) in [7, 11) is 0. The standard InChI is InChI=1S/C9H16N2O4/c1-9(15,5-12)4-10-8(14)6-2-3-7(13)11-6/h6,12,15H,2-5H2,1H3,(H,10,14)(H,11,13)/t6-,9?/m1/s1. The fraction of sp³-hybridized carbons (Fsp3) is 0.778. The van der Waals surface area contributed by atoms with Crippen molar-refractivity contribution in [2.75, 3.05) is 13.2 Å². The Hall–Kier alpha value is -1.14. The van der Waals surface area contributed by atoms with Crippen LogP contribution >= 0.6 is 0 Å². The molecule has 0 aromatic heterocycles. The van der Waals surface area contributed by atoms with E-state index in [-0.39, 0.29) is 18.4 Å². The molecule has 1 saturated heterocycles. The normalized spacial score (nSPS) is 24.5. The van der Waals surface area contributed by atoms with Crippen molar-refractivity contribution in [1.82, 2.24) is 10.6 Å². The molecule has 1 aliphatic heterocycles. The van der Waals surface area contributed by atoms with Crippen LogP contribution in [0.5, 0.6) is 0 Å². The fourth-order valence-corrected chi connectivity index (χ4v) is 1.27. The maximum atomic E-state index is 11.4. The lowest BCUT2D eigenvalue weighted by atomic mass is 10.1. The van der Waals surface area contributed by atoms with Crippen molar-refractivity contribution in [3.8, 4) is 0 Å². The number of hydrogen-bond donors (Lipinski definition) is 4. The molecule has 2 amide bonds. The molecule has 0 aromatic rings. The van der Waals surface area contributed by atoms with Gasteiger partial charge < -0.3 is 20.8 Å². The first kappa shape index (κ1) is 11.9. The van der Waals surface area contributed by atoms with Gasteiger partial charge in [-0.3, -0.25) is 9.59 Å². The molecule has 1 aliphatic rings. The van der Waals surface area contributed by atoms with Gasteiger partial charge in [0.2, 0.25) is 11.8 Å². The summed E-state index contributed by atoms with van der Waals surface area (Å²) in [6.45, 7) is 0.958. The van der Waals surface area contributed by atoms with Crippen molar-refractivity contribution >= 4 is 11.8 Å². The third-order valence-electron chi connectivity index (χ3n) is 2.30. The van der Waals surface area contributed by atoms with E-state index in [0.717, 1.165) is 0 Å². The van der Waals surface area contributed by atoms with Crippen LogP contribution in [0.4, 0.5) is 0 Å². The van der Waals surface area contributed by atoms with Crippen molar-refractivity contribution in [2.24, 2.45) is 0 Å². The Kier molecular flexibility index (Phi) is 3.65. The molecule has 86 valence electrons. The summed E-state index contributed by atoms with van der Waals surface area (Å²) in [5.41, 5.74) is -1.32. The molecule has 0 radical (unpaired) electrons. The molecular weight excluding hydrogens is 200 g/mol. The zero-order valence-electron chi connectivity index (χ0n) is 8.62. The van der Waals surface area contributed by atoms with E-state index in [1.807, 2.05) is 0 Å². The molecule has 1 fully saturated rings. The number of aliphatic hydroxyl groups is 2. The van der Waals surface area contributed by atoms with Crippen molar-refractivity contribution in [3.05, 3.63) is 0 Å². The molecule has 1 heterocycles. The molecule has 15 heavy (non-hydrogen) atoms. The summed E-state index contributed by atoms with van der Waals surface area (Å²) in [6, 6.07) is -0.507. The predicted molar refractivity (Wildman–Crippen MR) is 51.9 cm³/mol. The van der Waals surface area contributed by atoms with Gasteiger partial charge in [-0.1, -0.05) is 0 Å². The molecule has 1 rings (SSSR count). The molecule has 0 saturated carbocycles. The topological polar surface area (TPSA) is 98.7 Å². The van der Waals surface area contributed by atoms with E-state index in [1.165, 1.54) is 6.92 Å². The van der Waals surface area contributed by atoms with Crippen LogP contribution in [0.3, 0.4) is 0 Å². The Morgan fingerprint density at radius 1 is 1.73 bits per heavy atom. The highest BCUT2D eigenvalue weighted by Gasteiger charge is 2.28. The van der Waals surface area contributed by atoms with E-state index in [9.17, 15) is 14.7 Å². The Morgan fingerprint density at radius 3 is 2.87 bits per heavy atom. The van der Waals surface area contributed by atoms with Crippen LogP contribution in [0.1, 0.15) is 19.8 Å². The molecule has 0 bridgehead atoms. The first-order valence-corrected chi connectivity index (χ1v) is 4.85. The van der Waals surface area contributed by atoms with Crippen LogP contribution in [-0.2, 0) is 9.59 Å². The van der Waals surface area contributed by atoms with E-state index >= 15 is 0 Å². The number of rotatable bonds is 4. The number of hydrogen-bond acceptors (Lipinski definition) is 4. The molecule has 2 atom stereocenters. The third-order valence-corrected chi connectivity index (χ3v) is 2.30. The second kappa shape index (κ2) is 4.59. The van der Waals surface area contributed by atoms with Crippen LogP contribution in [0.2, 0.25) is 0 Å². The molecule has 0 spiro atoms. The van der Waals surface area contributed by atoms with Crippen molar-refractivity contribution < 1.29 is 19.8 Å². The summed E-state index contributed by atoms with van der Waals surface area (Å²) in [6.07, 6.45) is 0.834. The SMILES string of the molecule is CC(O)(CO)CNC(=O)[C@H]1CCC(=O)N1. The Bertz CT molecular complexity index is 265. The lowest BCUT2D eigenvalue weighted by molar-refractivity contribution is -0.126. The highest BCUT2D eigenvalue weighted by Crippen LogP contribution is 2.07. The predicted octanol–water partition coefficient (Wildman–Crippen LogP) is -1.88. The van der Waals surface area contributed by atoms with Crippen LogP contribution in [0.15, 0.2) is 0 Å². The Labute approximate surface area is 87.7 Å². The Morgan fingerprint density at radius 2 is 2.40 bits per heavy atom. The second-order valence-corrected chi connectivity index (χ2v) is 4.03. The van der Waals surface area contributed by atoms with E-state index < -0.39 is 18.2 Å². The lowest BCUT2D eigenvalue weighted by Gasteiger charge is -2.21.